The van der Waals surface area contributed by atoms with Gasteiger partial charge in [-0.05, 0) is 63.1 Å². The molecule has 0 aliphatic rings. The number of hydrogen-bond donors (Lipinski definition) is 0. The van der Waals surface area contributed by atoms with Crippen molar-refractivity contribution >= 4 is 16.9 Å². The molecule has 7 heteroatoms. The molecule has 0 spiro atoms. The molecule has 0 aliphatic carbocycles. The third-order valence-electron chi connectivity index (χ3n) is 4.46. The van der Waals surface area contributed by atoms with Crippen molar-refractivity contribution in [1.29, 1.82) is 0 Å². The predicted molar refractivity (Wildman–Crippen MR) is 116 cm³/mol. The quantitative estimate of drug-likeness (QED) is 0.367. The van der Waals surface area contributed by atoms with Gasteiger partial charge in [0.1, 0.15) is 30.0 Å². The number of hydrogen-bond acceptors (Lipinski definition) is 7. The molecule has 164 valence electrons. The molecule has 31 heavy (non-hydrogen) atoms. The van der Waals surface area contributed by atoms with E-state index in [2.05, 4.69) is 0 Å². The van der Waals surface area contributed by atoms with Crippen LogP contribution < -0.4 is 14.9 Å². The monoisotopic (exact) mass is 426 g/mol. The van der Waals surface area contributed by atoms with Gasteiger partial charge in [-0.1, -0.05) is 6.07 Å². The Morgan fingerprint density at radius 1 is 1.03 bits per heavy atom. The second kappa shape index (κ2) is 10.1. The van der Waals surface area contributed by atoms with Gasteiger partial charge in [-0.15, -0.1) is 0 Å². The van der Waals surface area contributed by atoms with Crippen LogP contribution in [0.4, 0.5) is 0 Å². The molecule has 2 aromatic carbocycles. The van der Waals surface area contributed by atoms with Gasteiger partial charge in [-0.3, -0.25) is 4.79 Å². The van der Waals surface area contributed by atoms with Gasteiger partial charge in [0.2, 0.25) is 11.2 Å². The molecule has 1 atom stereocenters. The van der Waals surface area contributed by atoms with Gasteiger partial charge in [-0.25, -0.2) is 4.79 Å². The number of rotatable bonds is 9. The molecular formula is C24H26O7. The van der Waals surface area contributed by atoms with Crippen LogP contribution in [0.15, 0.2) is 51.9 Å². The number of aryl methyl sites for hydroxylation is 2. The topological polar surface area (TPSA) is 84.2 Å². The van der Waals surface area contributed by atoms with E-state index in [-0.39, 0.29) is 17.8 Å². The van der Waals surface area contributed by atoms with E-state index in [9.17, 15) is 9.59 Å². The molecule has 0 unspecified atom stereocenters. The Bertz CT molecular complexity index is 1100. The van der Waals surface area contributed by atoms with E-state index in [1.165, 1.54) is 6.26 Å². The minimum Gasteiger partial charge on any atom is -0.479 e. The maximum atomic E-state index is 12.8. The van der Waals surface area contributed by atoms with Crippen molar-refractivity contribution < 1.29 is 28.2 Å². The fourth-order valence-electron chi connectivity index (χ4n) is 3.07. The lowest BCUT2D eigenvalue weighted by Gasteiger charge is -2.14. The number of esters is 1. The average Bonchev–Trinajstić information content (AvgIpc) is 2.72. The molecule has 7 nitrogen and oxygen atoms in total. The van der Waals surface area contributed by atoms with E-state index in [0.29, 0.717) is 35.7 Å². The van der Waals surface area contributed by atoms with Gasteiger partial charge in [0.05, 0.1) is 12.0 Å². The molecule has 1 heterocycles. The van der Waals surface area contributed by atoms with Gasteiger partial charge in [0, 0.05) is 12.7 Å². The lowest BCUT2D eigenvalue weighted by Crippen LogP contribution is -2.27. The Kier molecular flexibility index (Phi) is 7.31. The molecule has 0 N–H and O–H groups in total. The molecular weight excluding hydrogens is 400 g/mol. The fourth-order valence-corrected chi connectivity index (χ4v) is 3.07. The molecule has 0 aliphatic heterocycles. The van der Waals surface area contributed by atoms with E-state index in [4.69, 9.17) is 23.4 Å². The molecule has 0 saturated carbocycles. The Labute approximate surface area is 180 Å². The molecule has 0 saturated heterocycles. The Morgan fingerprint density at radius 3 is 2.48 bits per heavy atom. The van der Waals surface area contributed by atoms with E-state index >= 15 is 0 Å². The summed E-state index contributed by atoms with van der Waals surface area (Å²) in [4.78, 5) is 24.8. The molecule has 3 rings (SSSR count). The fraction of sp³-hybridized carbons (Fsp3) is 0.333. The van der Waals surface area contributed by atoms with Crippen LogP contribution in [0.5, 0.6) is 17.2 Å². The van der Waals surface area contributed by atoms with Crippen LogP contribution in [0.2, 0.25) is 0 Å². The predicted octanol–water partition coefficient (Wildman–Crippen LogP) is 4.55. The Balaban J connectivity index is 1.72. The SMILES string of the molecule is CCOCCOC(=O)[C@@H](C)Oc1ccc2c(=O)c(Oc3cc(C)cc(C)c3)coc2c1. The average molecular weight is 426 g/mol. The number of ether oxygens (including phenoxy) is 4. The highest BCUT2D eigenvalue weighted by Crippen LogP contribution is 2.25. The lowest BCUT2D eigenvalue weighted by atomic mass is 10.1. The maximum Gasteiger partial charge on any atom is 0.347 e. The summed E-state index contributed by atoms with van der Waals surface area (Å²) in [6.45, 7) is 8.43. The van der Waals surface area contributed by atoms with Crippen molar-refractivity contribution in [2.75, 3.05) is 19.8 Å². The molecule has 1 aromatic heterocycles. The summed E-state index contributed by atoms with van der Waals surface area (Å²) in [5, 5.41) is 0.348. The van der Waals surface area contributed by atoms with E-state index in [0.717, 1.165) is 11.1 Å². The normalized spacial score (nSPS) is 11.9. The van der Waals surface area contributed by atoms with Gasteiger partial charge >= 0.3 is 5.97 Å². The summed E-state index contributed by atoms with van der Waals surface area (Å²) in [5.41, 5.74) is 2.10. The van der Waals surface area contributed by atoms with Crippen LogP contribution in [0.25, 0.3) is 11.0 Å². The molecule has 0 amide bonds. The van der Waals surface area contributed by atoms with Crippen LogP contribution in [0.3, 0.4) is 0 Å². The van der Waals surface area contributed by atoms with Crippen LogP contribution in [-0.2, 0) is 14.3 Å². The summed E-state index contributed by atoms with van der Waals surface area (Å²) in [7, 11) is 0. The van der Waals surface area contributed by atoms with Crippen molar-refractivity contribution in [3.8, 4) is 17.2 Å². The third-order valence-corrected chi connectivity index (χ3v) is 4.46. The smallest absolute Gasteiger partial charge is 0.347 e. The number of fused-ring (bicyclic) bond motifs is 1. The second-order valence-electron chi connectivity index (χ2n) is 7.14. The van der Waals surface area contributed by atoms with Crippen LogP contribution in [0.1, 0.15) is 25.0 Å². The Morgan fingerprint density at radius 2 is 1.77 bits per heavy atom. The van der Waals surface area contributed by atoms with Crippen molar-refractivity contribution in [1.82, 2.24) is 0 Å². The number of carbonyl (C=O) groups is 1. The summed E-state index contributed by atoms with van der Waals surface area (Å²) < 4.78 is 27.2. The Hall–Kier alpha value is -3.32. The minimum atomic E-state index is -0.821. The van der Waals surface area contributed by atoms with Gasteiger partial charge < -0.3 is 23.4 Å². The molecule has 0 fully saturated rings. The highest BCUT2D eigenvalue weighted by Gasteiger charge is 2.17. The minimum absolute atomic E-state index is 0.0948. The van der Waals surface area contributed by atoms with Crippen molar-refractivity contribution in [3.05, 3.63) is 64.0 Å². The van der Waals surface area contributed by atoms with Crippen LogP contribution >= 0.6 is 0 Å². The molecule has 0 radical (unpaired) electrons. The zero-order chi connectivity index (χ0) is 22.4. The standard InChI is InChI=1S/C24H26O7/c1-5-27-8-9-28-24(26)17(4)30-18-6-7-20-21(13-18)29-14-22(23(20)25)31-19-11-15(2)10-16(3)12-19/h6-7,10-14,17H,5,8-9H2,1-4H3/t17-/m1/s1. The summed E-state index contributed by atoms with van der Waals surface area (Å²) in [6, 6.07) is 10.5. The third kappa shape index (κ3) is 5.86. The van der Waals surface area contributed by atoms with E-state index < -0.39 is 12.1 Å². The highest BCUT2D eigenvalue weighted by molar-refractivity contribution is 5.79. The number of benzene rings is 2. The van der Waals surface area contributed by atoms with Gasteiger partial charge in [0.25, 0.3) is 0 Å². The molecule has 3 aromatic rings. The largest absolute Gasteiger partial charge is 0.479 e. The van der Waals surface area contributed by atoms with E-state index in [1.807, 2.05) is 39.0 Å². The maximum absolute atomic E-state index is 12.8. The summed E-state index contributed by atoms with van der Waals surface area (Å²) in [5.74, 6) is 0.546. The highest BCUT2D eigenvalue weighted by atomic mass is 16.6. The van der Waals surface area contributed by atoms with Crippen LogP contribution in [0, 0.1) is 13.8 Å². The van der Waals surface area contributed by atoms with E-state index in [1.54, 1.807) is 25.1 Å². The zero-order valence-corrected chi connectivity index (χ0v) is 18.1. The van der Waals surface area contributed by atoms with Crippen molar-refractivity contribution in [2.45, 2.75) is 33.8 Å². The first-order valence-corrected chi connectivity index (χ1v) is 10.1. The van der Waals surface area contributed by atoms with Gasteiger partial charge in [0.15, 0.2) is 6.10 Å². The first-order valence-electron chi connectivity index (χ1n) is 10.1. The second-order valence-corrected chi connectivity index (χ2v) is 7.14. The first-order chi connectivity index (χ1) is 14.9. The van der Waals surface area contributed by atoms with Gasteiger partial charge in [-0.2, -0.15) is 0 Å². The molecule has 0 bridgehead atoms. The van der Waals surface area contributed by atoms with Crippen LogP contribution in [-0.4, -0.2) is 31.9 Å². The van der Waals surface area contributed by atoms with Crippen molar-refractivity contribution in [3.63, 3.8) is 0 Å². The summed E-state index contributed by atoms with van der Waals surface area (Å²) >= 11 is 0. The number of carbonyl (C=O) groups excluding carboxylic acids is 1. The zero-order valence-electron chi connectivity index (χ0n) is 18.1. The lowest BCUT2D eigenvalue weighted by molar-refractivity contribution is -0.152. The summed E-state index contributed by atoms with van der Waals surface area (Å²) in [6.07, 6.45) is 0.454. The first kappa shape index (κ1) is 22.4. The van der Waals surface area contributed by atoms with Crippen molar-refractivity contribution in [2.24, 2.45) is 0 Å².